The summed E-state index contributed by atoms with van der Waals surface area (Å²) < 4.78 is 4.63. The van der Waals surface area contributed by atoms with Gasteiger partial charge in [0.2, 0.25) is 11.8 Å². The molecule has 0 aliphatic heterocycles. The summed E-state index contributed by atoms with van der Waals surface area (Å²) in [5, 5.41) is 9.79. The van der Waals surface area contributed by atoms with Crippen molar-refractivity contribution in [1.82, 2.24) is 9.88 Å². The number of unbranched alkanes of at least 4 members (excludes halogenated alkanes) is 3. The van der Waals surface area contributed by atoms with Gasteiger partial charge >= 0.3 is 10.8 Å². The van der Waals surface area contributed by atoms with Crippen molar-refractivity contribution in [3.05, 3.63) is 74.2 Å². The number of hydrogen-bond donors (Lipinski definition) is 2. The second-order valence-electron chi connectivity index (χ2n) is 8.60. The number of methoxy groups -OCH3 is 1. The monoisotopic (exact) mass is 496 g/mol. The average molecular weight is 497 g/mol. The van der Waals surface area contributed by atoms with E-state index < -0.39 is 0 Å². The molecule has 0 bridgehead atoms. The number of thiazole rings is 1. The number of amides is 1. The van der Waals surface area contributed by atoms with Crippen LogP contribution in [0.15, 0.2) is 53.3 Å². The molecule has 2 N–H and O–H groups in total. The molecule has 1 heterocycles. The summed E-state index contributed by atoms with van der Waals surface area (Å²) in [6, 6.07) is 16.2. The molecule has 0 fully saturated rings. The Morgan fingerprint density at radius 1 is 0.971 bits per heavy atom. The van der Waals surface area contributed by atoms with Gasteiger partial charge in [0.1, 0.15) is 0 Å². The number of hydrogen-bond acceptors (Lipinski definition) is 6. The van der Waals surface area contributed by atoms with Gasteiger partial charge in [0.25, 0.3) is 0 Å². The lowest BCUT2D eigenvalue weighted by Gasteiger charge is -2.18. The number of rotatable bonds is 12. The van der Waals surface area contributed by atoms with Crippen LogP contribution in [0.5, 0.6) is 5.88 Å². The Morgan fingerprint density at radius 3 is 2.34 bits per heavy atom. The van der Waals surface area contributed by atoms with E-state index in [2.05, 4.69) is 15.8 Å². The first-order valence-electron chi connectivity index (χ1n) is 11.8. The maximum Gasteiger partial charge on any atom is 0.307 e. The van der Waals surface area contributed by atoms with Gasteiger partial charge in [-0.05, 0) is 41.2 Å². The van der Waals surface area contributed by atoms with E-state index in [0.717, 1.165) is 59.3 Å². The molecule has 0 saturated carbocycles. The third kappa shape index (κ3) is 8.10. The molecule has 1 amide bonds. The number of carbonyl (C=O) groups excluding carboxylic acids is 2. The predicted octanol–water partition coefficient (Wildman–Crippen LogP) is 4.87. The summed E-state index contributed by atoms with van der Waals surface area (Å²) in [6.07, 6.45) is 4.87. The van der Waals surface area contributed by atoms with Crippen molar-refractivity contribution in [3.63, 3.8) is 0 Å². The lowest BCUT2D eigenvalue weighted by Crippen LogP contribution is -2.25. The van der Waals surface area contributed by atoms with Gasteiger partial charge in [-0.15, -0.1) is 0 Å². The van der Waals surface area contributed by atoms with E-state index >= 15 is 0 Å². The second kappa shape index (κ2) is 12.9. The Balaban J connectivity index is 1.50. The summed E-state index contributed by atoms with van der Waals surface area (Å²) >= 11 is 1.02. The van der Waals surface area contributed by atoms with Gasteiger partial charge < -0.3 is 14.7 Å². The van der Waals surface area contributed by atoms with Crippen molar-refractivity contribution in [1.29, 1.82) is 0 Å². The van der Waals surface area contributed by atoms with Crippen LogP contribution in [0.4, 0.5) is 0 Å². The van der Waals surface area contributed by atoms with Crippen LogP contribution in [0.25, 0.3) is 11.1 Å². The predicted molar refractivity (Wildman–Crippen MR) is 137 cm³/mol. The molecule has 186 valence electrons. The highest BCUT2D eigenvalue weighted by molar-refractivity contribution is 7.09. The maximum absolute atomic E-state index is 12.5. The molecular weight excluding hydrogens is 464 g/mol. The quantitative estimate of drug-likeness (QED) is 0.275. The SMILES string of the molecule is COC(=O)CCCCCCC(=O)N(C)Cc1cccc(-c2ccc(Cc3sc(=O)[nH]c3O)cc2)c1. The van der Waals surface area contributed by atoms with Gasteiger partial charge in [-0.2, -0.15) is 0 Å². The highest BCUT2D eigenvalue weighted by Crippen LogP contribution is 2.25. The first-order valence-corrected chi connectivity index (χ1v) is 12.6. The van der Waals surface area contributed by atoms with Crippen molar-refractivity contribution in [2.45, 2.75) is 51.5 Å². The minimum absolute atomic E-state index is 0.0611. The summed E-state index contributed by atoms with van der Waals surface area (Å²) in [5.74, 6) is -0.132. The molecule has 0 radical (unpaired) electrons. The Labute approximate surface area is 209 Å². The number of carbonyl (C=O) groups is 2. The summed E-state index contributed by atoms with van der Waals surface area (Å²) in [7, 11) is 3.22. The van der Waals surface area contributed by atoms with Crippen molar-refractivity contribution in [3.8, 4) is 17.0 Å². The molecule has 0 spiro atoms. The summed E-state index contributed by atoms with van der Waals surface area (Å²) in [5.41, 5.74) is 4.19. The average Bonchev–Trinajstić information content (AvgIpc) is 3.17. The van der Waals surface area contributed by atoms with Crippen LogP contribution in [0, 0.1) is 0 Å². The minimum atomic E-state index is -0.259. The van der Waals surface area contributed by atoms with Crippen LogP contribution in [0.2, 0.25) is 0 Å². The molecule has 35 heavy (non-hydrogen) atoms. The highest BCUT2D eigenvalue weighted by Gasteiger charge is 2.11. The Hall–Kier alpha value is -3.39. The standard InChI is InChI=1S/C27H32N2O5S/c1-29(24(30)10-5-3-4-6-11-25(31)34-2)18-20-8-7-9-22(16-20)21-14-12-19(13-15-21)17-23-26(32)28-27(33)35-23/h7-9,12-16,32H,3-6,10-11,17-18H2,1-2H3,(H,28,33). The van der Waals surface area contributed by atoms with Crippen LogP contribution in [0.3, 0.4) is 0 Å². The third-order valence-corrected chi connectivity index (χ3v) is 6.75. The number of esters is 1. The van der Waals surface area contributed by atoms with Gasteiger partial charge in [0.15, 0.2) is 0 Å². The third-order valence-electron chi connectivity index (χ3n) is 5.87. The zero-order valence-electron chi connectivity index (χ0n) is 20.2. The molecule has 2 aromatic carbocycles. The topological polar surface area (TPSA) is 99.7 Å². The number of nitrogens with zero attached hydrogens (tertiary/aromatic N) is 1. The molecule has 1 aromatic heterocycles. The fraction of sp³-hybridized carbons (Fsp3) is 0.370. The number of aromatic amines is 1. The van der Waals surface area contributed by atoms with Crippen LogP contribution in [-0.2, 0) is 27.3 Å². The van der Waals surface area contributed by atoms with E-state index in [1.54, 1.807) is 4.90 Å². The van der Waals surface area contributed by atoms with Crippen molar-refractivity contribution in [2.75, 3.05) is 14.2 Å². The van der Waals surface area contributed by atoms with E-state index in [4.69, 9.17) is 0 Å². The molecule has 0 unspecified atom stereocenters. The Kier molecular flexibility index (Phi) is 9.66. The number of aromatic hydroxyl groups is 1. The molecular formula is C27H32N2O5S. The zero-order valence-corrected chi connectivity index (χ0v) is 21.0. The molecule has 0 atom stereocenters. The van der Waals surface area contributed by atoms with E-state index in [-0.39, 0.29) is 22.6 Å². The van der Waals surface area contributed by atoms with Gasteiger partial charge in [-0.3, -0.25) is 19.4 Å². The number of nitrogens with one attached hydrogen (secondary N) is 1. The second-order valence-corrected chi connectivity index (χ2v) is 9.67. The normalized spacial score (nSPS) is 10.8. The number of aromatic nitrogens is 1. The molecule has 3 rings (SSSR count). The van der Waals surface area contributed by atoms with Crippen molar-refractivity contribution < 1.29 is 19.4 Å². The fourth-order valence-electron chi connectivity index (χ4n) is 3.88. The van der Waals surface area contributed by atoms with E-state index in [1.165, 1.54) is 7.11 Å². The molecule has 8 heteroatoms. The van der Waals surface area contributed by atoms with E-state index in [1.807, 2.05) is 49.5 Å². The maximum atomic E-state index is 12.5. The van der Waals surface area contributed by atoms with Crippen LogP contribution in [-0.4, -0.2) is 41.0 Å². The zero-order chi connectivity index (χ0) is 25.2. The highest BCUT2D eigenvalue weighted by atomic mass is 32.1. The smallest absolute Gasteiger partial charge is 0.307 e. The number of benzene rings is 2. The lowest BCUT2D eigenvalue weighted by molar-refractivity contribution is -0.140. The van der Waals surface area contributed by atoms with Gasteiger partial charge in [-0.25, -0.2) is 0 Å². The van der Waals surface area contributed by atoms with Gasteiger partial charge in [0, 0.05) is 32.9 Å². The minimum Gasteiger partial charge on any atom is -0.494 e. The van der Waals surface area contributed by atoms with E-state index in [0.29, 0.717) is 30.7 Å². The van der Waals surface area contributed by atoms with Crippen molar-refractivity contribution in [2.24, 2.45) is 0 Å². The van der Waals surface area contributed by atoms with Gasteiger partial charge in [0.05, 0.1) is 12.0 Å². The largest absolute Gasteiger partial charge is 0.494 e. The Morgan fingerprint density at radius 2 is 1.69 bits per heavy atom. The molecule has 3 aromatic rings. The van der Waals surface area contributed by atoms with Crippen molar-refractivity contribution >= 4 is 23.2 Å². The molecule has 0 aliphatic carbocycles. The van der Waals surface area contributed by atoms with Crippen LogP contribution < -0.4 is 4.87 Å². The first kappa shape index (κ1) is 26.2. The lowest BCUT2D eigenvalue weighted by atomic mass is 10.0. The molecule has 0 aliphatic rings. The van der Waals surface area contributed by atoms with Crippen LogP contribution in [0.1, 0.15) is 54.5 Å². The number of H-pyrrole nitrogens is 1. The fourth-order valence-corrected chi connectivity index (χ4v) is 4.63. The van der Waals surface area contributed by atoms with E-state index in [9.17, 15) is 19.5 Å². The van der Waals surface area contributed by atoms with Crippen LogP contribution >= 0.6 is 11.3 Å². The summed E-state index contributed by atoms with van der Waals surface area (Å²) in [6.45, 7) is 0.540. The Bertz CT molecular complexity index is 1180. The molecule has 7 nitrogen and oxygen atoms in total. The molecule has 0 saturated heterocycles. The van der Waals surface area contributed by atoms with Gasteiger partial charge in [-0.1, -0.05) is 66.6 Å². The first-order chi connectivity index (χ1) is 16.9. The number of ether oxygens (including phenoxy) is 1. The summed E-state index contributed by atoms with van der Waals surface area (Å²) in [4.78, 5) is 39.5.